The van der Waals surface area contributed by atoms with Crippen molar-refractivity contribution in [2.24, 2.45) is 0 Å². The fourth-order valence-electron chi connectivity index (χ4n) is 1.64. The van der Waals surface area contributed by atoms with E-state index in [0.717, 1.165) is 17.8 Å². The van der Waals surface area contributed by atoms with E-state index in [2.05, 4.69) is 10.6 Å². The highest BCUT2D eigenvalue weighted by Crippen LogP contribution is 2.32. The Morgan fingerprint density at radius 1 is 1.57 bits per heavy atom. The van der Waals surface area contributed by atoms with Gasteiger partial charge in [0.2, 0.25) is 5.91 Å². The van der Waals surface area contributed by atoms with Gasteiger partial charge in [-0.1, -0.05) is 24.6 Å². The average molecular weight is 211 g/mol. The number of nitrogens with one attached hydrogen (secondary N) is 2. The highest BCUT2D eigenvalue weighted by Gasteiger charge is 2.29. The van der Waals surface area contributed by atoms with Crippen molar-refractivity contribution >= 4 is 23.2 Å². The molecule has 1 aliphatic rings. The number of halogens is 1. The van der Waals surface area contributed by atoms with Crippen LogP contribution in [0.15, 0.2) is 18.2 Å². The number of likely N-dealkylation sites (N-methyl/N-ethyl adjacent to an activating group) is 1. The first kappa shape index (κ1) is 9.49. The molecule has 1 unspecified atom stereocenters. The summed E-state index contributed by atoms with van der Waals surface area (Å²) < 4.78 is 0. The predicted octanol–water partition coefficient (Wildman–Crippen LogP) is 1.94. The molecule has 14 heavy (non-hydrogen) atoms. The van der Waals surface area contributed by atoms with E-state index in [9.17, 15) is 4.79 Å². The van der Waals surface area contributed by atoms with E-state index in [1.807, 2.05) is 13.0 Å². The number of carbonyl (C=O) groups excluding carboxylic acids is 1. The topological polar surface area (TPSA) is 41.1 Å². The summed E-state index contributed by atoms with van der Waals surface area (Å²) in [6.07, 6.45) is 0. The second kappa shape index (κ2) is 3.59. The average Bonchev–Trinajstić information content (AvgIpc) is 2.43. The Labute approximate surface area is 87.4 Å². The van der Waals surface area contributed by atoms with Crippen LogP contribution in [-0.4, -0.2) is 12.5 Å². The molecule has 4 heteroatoms. The summed E-state index contributed by atoms with van der Waals surface area (Å²) in [5, 5.41) is 6.54. The van der Waals surface area contributed by atoms with Crippen molar-refractivity contribution in [3.63, 3.8) is 0 Å². The van der Waals surface area contributed by atoms with Gasteiger partial charge in [-0.05, 0) is 18.7 Å². The van der Waals surface area contributed by atoms with Crippen LogP contribution in [0.4, 0.5) is 5.69 Å². The highest BCUT2D eigenvalue weighted by atomic mass is 35.5. The van der Waals surface area contributed by atoms with Crippen LogP contribution in [-0.2, 0) is 4.79 Å². The van der Waals surface area contributed by atoms with Crippen LogP contribution in [0.2, 0.25) is 5.02 Å². The smallest absolute Gasteiger partial charge is 0.246 e. The molecule has 74 valence electrons. The zero-order valence-corrected chi connectivity index (χ0v) is 8.56. The first-order chi connectivity index (χ1) is 6.72. The minimum atomic E-state index is -0.229. The summed E-state index contributed by atoms with van der Waals surface area (Å²) in [7, 11) is 0. The fraction of sp³-hybridized carbons (Fsp3) is 0.300. The van der Waals surface area contributed by atoms with Crippen molar-refractivity contribution in [2.45, 2.75) is 13.0 Å². The second-order valence-electron chi connectivity index (χ2n) is 3.21. The molecule has 2 N–H and O–H groups in total. The number of hydrogen-bond donors (Lipinski definition) is 2. The number of benzene rings is 1. The Morgan fingerprint density at radius 3 is 3.07 bits per heavy atom. The summed E-state index contributed by atoms with van der Waals surface area (Å²) in [4.78, 5) is 11.5. The zero-order chi connectivity index (χ0) is 10.1. The van der Waals surface area contributed by atoms with Crippen molar-refractivity contribution in [1.82, 2.24) is 5.32 Å². The van der Waals surface area contributed by atoms with Crippen LogP contribution in [0, 0.1) is 0 Å². The molecule has 0 spiro atoms. The quantitative estimate of drug-likeness (QED) is 0.784. The number of anilines is 1. The van der Waals surface area contributed by atoms with E-state index < -0.39 is 0 Å². The number of carbonyl (C=O) groups is 1. The Morgan fingerprint density at radius 2 is 2.36 bits per heavy atom. The molecule has 1 atom stereocenters. The van der Waals surface area contributed by atoms with Gasteiger partial charge < -0.3 is 10.6 Å². The summed E-state index contributed by atoms with van der Waals surface area (Å²) in [6.45, 7) is 2.74. The van der Waals surface area contributed by atoms with Gasteiger partial charge in [-0.2, -0.15) is 0 Å². The van der Waals surface area contributed by atoms with Crippen LogP contribution in [0.5, 0.6) is 0 Å². The standard InChI is InChI=1S/C10H11ClN2O/c1-2-12-9-7-4-3-6(11)5-8(7)13-10(9)14/h3-5,9,12H,2H2,1H3,(H,13,14). The lowest BCUT2D eigenvalue weighted by atomic mass is 10.1. The van der Waals surface area contributed by atoms with Crippen LogP contribution in [0.25, 0.3) is 0 Å². The van der Waals surface area contributed by atoms with Gasteiger partial charge in [-0.15, -0.1) is 0 Å². The van der Waals surface area contributed by atoms with Gasteiger partial charge in [0.05, 0.1) is 0 Å². The first-order valence-electron chi connectivity index (χ1n) is 4.56. The van der Waals surface area contributed by atoms with Gasteiger partial charge in [0.15, 0.2) is 0 Å². The summed E-state index contributed by atoms with van der Waals surface area (Å²) in [5.41, 5.74) is 1.79. The van der Waals surface area contributed by atoms with E-state index in [0.29, 0.717) is 5.02 Å². The minimum Gasteiger partial charge on any atom is -0.324 e. The molecule has 2 rings (SSSR count). The first-order valence-corrected chi connectivity index (χ1v) is 4.94. The molecule has 0 saturated carbocycles. The molecule has 1 heterocycles. The maximum atomic E-state index is 11.5. The van der Waals surface area contributed by atoms with E-state index in [1.165, 1.54) is 0 Å². The van der Waals surface area contributed by atoms with E-state index >= 15 is 0 Å². The molecule has 0 bridgehead atoms. The van der Waals surface area contributed by atoms with Gasteiger partial charge in [-0.25, -0.2) is 0 Å². The monoisotopic (exact) mass is 210 g/mol. The molecule has 1 aliphatic heterocycles. The zero-order valence-electron chi connectivity index (χ0n) is 7.80. The lowest BCUT2D eigenvalue weighted by Crippen LogP contribution is -2.27. The molecule has 1 aromatic carbocycles. The molecular weight excluding hydrogens is 200 g/mol. The Balaban J connectivity index is 2.37. The molecule has 0 aliphatic carbocycles. The third-order valence-corrected chi connectivity index (χ3v) is 2.49. The Kier molecular flexibility index (Phi) is 2.44. The van der Waals surface area contributed by atoms with Gasteiger partial charge in [-0.3, -0.25) is 4.79 Å². The predicted molar refractivity (Wildman–Crippen MR) is 56.5 cm³/mol. The molecular formula is C10H11ClN2O. The molecule has 0 saturated heterocycles. The minimum absolute atomic E-state index is 0.0101. The third-order valence-electron chi connectivity index (χ3n) is 2.25. The second-order valence-corrected chi connectivity index (χ2v) is 3.65. The van der Waals surface area contributed by atoms with Gasteiger partial charge >= 0.3 is 0 Å². The van der Waals surface area contributed by atoms with Gasteiger partial charge in [0, 0.05) is 16.3 Å². The molecule has 3 nitrogen and oxygen atoms in total. The van der Waals surface area contributed by atoms with Crippen LogP contribution < -0.4 is 10.6 Å². The van der Waals surface area contributed by atoms with Crippen LogP contribution in [0.3, 0.4) is 0 Å². The highest BCUT2D eigenvalue weighted by molar-refractivity contribution is 6.31. The van der Waals surface area contributed by atoms with Gasteiger partial charge in [0.1, 0.15) is 6.04 Å². The summed E-state index contributed by atoms with van der Waals surface area (Å²) in [6, 6.07) is 5.22. The molecule has 0 radical (unpaired) electrons. The molecule has 0 fully saturated rings. The van der Waals surface area contributed by atoms with Gasteiger partial charge in [0.25, 0.3) is 0 Å². The maximum Gasteiger partial charge on any atom is 0.246 e. The lowest BCUT2D eigenvalue weighted by Gasteiger charge is -2.08. The largest absolute Gasteiger partial charge is 0.324 e. The number of amides is 1. The maximum absolute atomic E-state index is 11.5. The fourth-order valence-corrected chi connectivity index (χ4v) is 1.81. The van der Waals surface area contributed by atoms with Crippen molar-refractivity contribution in [3.8, 4) is 0 Å². The molecule has 0 aromatic heterocycles. The van der Waals surface area contributed by atoms with Crippen molar-refractivity contribution in [2.75, 3.05) is 11.9 Å². The van der Waals surface area contributed by atoms with Crippen molar-refractivity contribution in [3.05, 3.63) is 28.8 Å². The molecule has 1 aromatic rings. The Hall–Kier alpha value is -1.06. The van der Waals surface area contributed by atoms with E-state index in [4.69, 9.17) is 11.6 Å². The number of rotatable bonds is 2. The summed E-state index contributed by atoms with van der Waals surface area (Å²) in [5.74, 6) is -0.0101. The lowest BCUT2D eigenvalue weighted by molar-refractivity contribution is -0.117. The third kappa shape index (κ3) is 1.49. The normalized spacial score (nSPS) is 19.3. The van der Waals surface area contributed by atoms with E-state index in [-0.39, 0.29) is 11.9 Å². The van der Waals surface area contributed by atoms with Crippen LogP contribution in [0.1, 0.15) is 18.5 Å². The number of fused-ring (bicyclic) bond motifs is 1. The summed E-state index contributed by atoms with van der Waals surface area (Å²) >= 11 is 5.82. The van der Waals surface area contributed by atoms with Crippen molar-refractivity contribution < 1.29 is 4.79 Å². The van der Waals surface area contributed by atoms with Crippen LogP contribution >= 0.6 is 11.6 Å². The SMILES string of the molecule is CCNC1C(=O)Nc2cc(Cl)ccc21. The van der Waals surface area contributed by atoms with Crippen molar-refractivity contribution in [1.29, 1.82) is 0 Å². The Bertz CT molecular complexity index is 378. The van der Waals surface area contributed by atoms with E-state index in [1.54, 1.807) is 12.1 Å². The molecule has 1 amide bonds. The number of hydrogen-bond acceptors (Lipinski definition) is 2.